The van der Waals surface area contributed by atoms with Crippen molar-refractivity contribution in [3.63, 3.8) is 0 Å². The summed E-state index contributed by atoms with van der Waals surface area (Å²) < 4.78 is 18.4. The number of benzene rings is 2. The summed E-state index contributed by atoms with van der Waals surface area (Å²) in [6, 6.07) is 10.8. The number of methoxy groups -OCH3 is 1. The van der Waals surface area contributed by atoms with E-state index in [0.29, 0.717) is 30.5 Å². The summed E-state index contributed by atoms with van der Waals surface area (Å²) in [6.45, 7) is 2.20. The third-order valence-corrected chi connectivity index (χ3v) is 6.31. The number of carbonyl (C=O) groups is 3. The van der Waals surface area contributed by atoms with Gasteiger partial charge in [-0.15, -0.1) is 0 Å². The zero-order valence-corrected chi connectivity index (χ0v) is 21.1. The summed E-state index contributed by atoms with van der Waals surface area (Å²) in [5, 5.41) is 25.8. The van der Waals surface area contributed by atoms with Crippen LogP contribution in [0.1, 0.15) is 66.1 Å². The monoisotopic (exact) mass is 535 g/mol. The maximum atomic E-state index is 12.9. The van der Waals surface area contributed by atoms with Gasteiger partial charge in [0.05, 0.1) is 24.9 Å². The zero-order valence-electron chi connectivity index (χ0n) is 21.1. The number of rotatable bonds is 5. The molecule has 0 bridgehead atoms. The summed E-state index contributed by atoms with van der Waals surface area (Å²) in [5.41, 5.74) is 8.65. The number of nitrogens with zero attached hydrogens (tertiary/aromatic N) is 3. The molecule has 1 aliphatic rings. The number of hydrogen-bond acceptors (Lipinski definition) is 8. The van der Waals surface area contributed by atoms with Gasteiger partial charge in [-0.25, -0.2) is 23.5 Å². The number of nitrogens with two attached hydrogens (primary N) is 1. The van der Waals surface area contributed by atoms with Gasteiger partial charge in [-0.05, 0) is 60.2 Å². The second-order valence-electron chi connectivity index (χ2n) is 8.85. The molecule has 2 aromatic carbocycles. The largest absolute Gasteiger partial charge is 0.503 e. The summed E-state index contributed by atoms with van der Waals surface area (Å²) in [5.74, 6) is -2.82. The number of ether oxygens (including phenoxy) is 1. The molecule has 0 fully saturated rings. The number of carboxylic acid groups (broad SMARTS) is 1. The number of amides is 1. The van der Waals surface area contributed by atoms with E-state index in [1.54, 1.807) is 37.3 Å². The quantitative estimate of drug-likeness (QED) is 0.281. The molecule has 11 nitrogen and oxygen atoms in total. The third kappa shape index (κ3) is 5.70. The van der Waals surface area contributed by atoms with Crippen LogP contribution >= 0.6 is 0 Å². The first kappa shape index (κ1) is 27.2. The molecular weight excluding hydrogens is 509 g/mol. The van der Waals surface area contributed by atoms with Crippen LogP contribution in [0.5, 0.6) is 5.75 Å². The van der Waals surface area contributed by atoms with Gasteiger partial charge in [0.25, 0.3) is 5.91 Å². The number of carboxylic acids is 1. The van der Waals surface area contributed by atoms with Gasteiger partial charge in [0, 0.05) is 12.6 Å². The lowest BCUT2D eigenvalue weighted by Crippen LogP contribution is -2.29. The number of aromatic nitrogens is 3. The molecular formula is C27H26FN5O6. The lowest BCUT2D eigenvalue weighted by Gasteiger charge is -2.15. The van der Waals surface area contributed by atoms with Crippen molar-refractivity contribution in [3.05, 3.63) is 93.7 Å². The Hall–Kier alpha value is -4.84. The minimum absolute atomic E-state index is 0.0627. The maximum absolute atomic E-state index is 12.9. The van der Waals surface area contributed by atoms with Crippen molar-refractivity contribution in [2.24, 2.45) is 5.73 Å². The van der Waals surface area contributed by atoms with Crippen LogP contribution in [0.25, 0.3) is 5.65 Å². The first-order chi connectivity index (χ1) is 18.6. The Labute approximate surface area is 222 Å². The van der Waals surface area contributed by atoms with Crippen molar-refractivity contribution in [2.75, 3.05) is 7.11 Å². The van der Waals surface area contributed by atoms with Crippen molar-refractivity contribution in [1.82, 2.24) is 19.9 Å². The second-order valence-corrected chi connectivity index (χ2v) is 8.85. The number of carbonyl (C=O) groups excluding carboxylic acids is 2. The van der Waals surface area contributed by atoms with Crippen LogP contribution in [0.3, 0.4) is 0 Å². The van der Waals surface area contributed by atoms with Gasteiger partial charge in [-0.2, -0.15) is 5.10 Å². The first-order valence-corrected chi connectivity index (χ1v) is 11.9. The Bertz CT molecular complexity index is 1580. The number of halogens is 1. The van der Waals surface area contributed by atoms with E-state index in [0.717, 1.165) is 33.5 Å². The smallest absolute Gasteiger partial charge is 0.354 e. The number of aryl methyl sites for hydroxylation is 2. The highest BCUT2D eigenvalue weighted by molar-refractivity contribution is 5.96. The molecule has 0 unspecified atom stereocenters. The average molecular weight is 536 g/mol. The highest BCUT2D eigenvalue weighted by Gasteiger charge is 2.27. The molecule has 5 N–H and O–H groups in total. The zero-order chi connectivity index (χ0) is 28.3. The molecule has 1 atom stereocenters. The summed E-state index contributed by atoms with van der Waals surface area (Å²) in [7, 11) is 1.31. The number of esters is 1. The highest BCUT2D eigenvalue weighted by Crippen LogP contribution is 2.32. The van der Waals surface area contributed by atoms with Crippen LogP contribution in [0.2, 0.25) is 0 Å². The Morgan fingerprint density at radius 2 is 1.97 bits per heavy atom. The van der Waals surface area contributed by atoms with Crippen molar-refractivity contribution in [2.45, 2.75) is 32.4 Å². The van der Waals surface area contributed by atoms with Gasteiger partial charge in [0.15, 0.2) is 17.1 Å². The Balaban J connectivity index is 0.000000298. The summed E-state index contributed by atoms with van der Waals surface area (Å²) in [6.07, 6.45) is 2.37. The summed E-state index contributed by atoms with van der Waals surface area (Å²) >= 11 is 0. The van der Waals surface area contributed by atoms with E-state index in [4.69, 9.17) is 10.5 Å². The van der Waals surface area contributed by atoms with E-state index >= 15 is 0 Å². The normalized spacial score (nSPS) is 13.8. The van der Waals surface area contributed by atoms with Crippen molar-refractivity contribution < 1.29 is 33.7 Å². The molecule has 1 amide bonds. The van der Waals surface area contributed by atoms with Crippen LogP contribution < -0.4 is 11.1 Å². The van der Waals surface area contributed by atoms with Crippen LogP contribution in [0.4, 0.5) is 4.39 Å². The maximum Gasteiger partial charge on any atom is 0.354 e. The molecule has 0 saturated carbocycles. The van der Waals surface area contributed by atoms with Gasteiger partial charge in [-0.1, -0.05) is 18.2 Å². The molecule has 202 valence electrons. The molecule has 0 radical (unpaired) electrons. The number of aromatic carboxylic acids is 1. The van der Waals surface area contributed by atoms with E-state index in [1.807, 2.05) is 0 Å². The van der Waals surface area contributed by atoms with Gasteiger partial charge in [-0.3, -0.25) is 4.79 Å². The fraction of sp³-hybridized carbons (Fsp3) is 0.222. The number of nitrogens with one attached hydrogen (secondary N) is 1. The predicted octanol–water partition coefficient (Wildman–Crippen LogP) is 2.93. The Morgan fingerprint density at radius 1 is 1.21 bits per heavy atom. The lowest BCUT2D eigenvalue weighted by molar-refractivity contribution is 0.0599. The van der Waals surface area contributed by atoms with Crippen LogP contribution in [0, 0.1) is 12.7 Å². The van der Waals surface area contributed by atoms with Crippen LogP contribution in [0.15, 0.2) is 48.7 Å². The standard InChI is InChI=1S/C19H16N4O6.C8H10FN/c1-29-19(28)10-2-4-11-9(6-10)3-5-12(11)22-17(25)14-7-13(18(26)27)21-16-15(24)8-20-23(14)16;1-6-4-7(5-10)2-3-8(6)9/h2,4,6-8,12,24H,3,5H2,1H3,(H,22,25)(H,26,27);2-4H,5,10H2,1H3/t12-;/m0./s1. The molecule has 2 aromatic heterocycles. The minimum atomic E-state index is -1.33. The third-order valence-electron chi connectivity index (χ3n) is 6.31. The number of hydrogen-bond donors (Lipinski definition) is 4. The van der Waals surface area contributed by atoms with Crippen LogP contribution in [-0.4, -0.2) is 49.8 Å². The molecule has 5 rings (SSSR count). The molecule has 4 aromatic rings. The fourth-order valence-electron chi connectivity index (χ4n) is 4.30. The van der Waals surface area contributed by atoms with E-state index in [9.17, 15) is 29.0 Å². The number of aromatic hydroxyl groups is 1. The first-order valence-electron chi connectivity index (χ1n) is 11.9. The molecule has 39 heavy (non-hydrogen) atoms. The summed E-state index contributed by atoms with van der Waals surface area (Å²) in [4.78, 5) is 39.7. The van der Waals surface area contributed by atoms with E-state index in [1.165, 1.54) is 13.2 Å². The molecule has 1 aliphatic carbocycles. The lowest BCUT2D eigenvalue weighted by atomic mass is 10.0. The molecule has 0 aliphatic heterocycles. The molecule has 0 spiro atoms. The van der Waals surface area contributed by atoms with E-state index in [-0.39, 0.29) is 34.6 Å². The topological polar surface area (TPSA) is 169 Å². The molecule has 0 saturated heterocycles. The van der Waals surface area contributed by atoms with Crippen molar-refractivity contribution >= 4 is 23.5 Å². The van der Waals surface area contributed by atoms with Gasteiger partial charge < -0.3 is 26.0 Å². The number of fused-ring (bicyclic) bond motifs is 2. The van der Waals surface area contributed by atoms with E-state index in [2.05, 4.69) is 15.4 Å². The highest BCUT2D eigenvalue weighted by atomic mass is 19.1. The van der Waals surface area contributed by atoms with Crippen molar-refractivity contribution in [3.8, 4) is 5.75 Å². The Kier molecular flexibility index (Phi) is 7.86. The van der Waals surface area contributed by atoms with Crippen LogP contribution in [-0.2, 0) is 17.7 Å². The minimum Gasteiger partial charge on any atom is -0.503 e. The molecule has 2 heterocycles. The van der Waals surface area contributed by atoms with Crippen molar-refractivity contribution in [1.29, 1.82) is 0 Å². The SMILES string of the molecule is COC(=O)c1ccc2c(c1)CC[C@@H]2NC(=O)c1cc(C(=O)O)nc2c(O)cnn12.Cc1cc(CN)ccc1F. The Morgan fingerprint density at radius 3 is 2.64 bits per heavy atom. The van der Waals surface area contributed by atoms with Gasteiger partial charge in [0.2, 0.25) is 0 Å². The molecule has 12 heteroatoms. The second kappa shape index (κ2) is 11.3. The van der Waals surface area contributed by atoms with Gasteiger partial charge >= 0.3 is 11.9 Å². The predicted molar refractivity (Wildman–Crippen MR) is 137 cm³/mol. The van der Waals surface area contributed by atoms with E-state index < -0.39 is 17.8 Å². The average Bonchev–Trinajstić information content (AvgIpc) is 3.52. The fourth-order valence-corrected chi connectivity index (χ4v) is 4.30. The van der Waals surface area contributed by atoms with Gasteiger partial charge in [0.1, 0.15) is 11.5 Å².